The summed E-state index contributed by atoms with van der Waals surface area (Å²) >= 11 is 6.56. The van der Waals surface area contributed by atoms with Gasteiger partial charge >= 0.3 is 41.0 Å². The van der Waals surface area contributed by atoms with Gasteiger partial charge in [-0.1, -0.05) is 0 Å². The molecule has 0 spiro atoms. The predicted molar refractivity (Wildman–Crippen MR) is 67.2 cm³/mol. The van der Waals surface area contributed by atoms with E-state index in [2.05, 4.69) is 66.6 Å². The molecular formula is C6H18Br2P2Pt. The molecule has 0 aromatic carbocycles. The Morgan fingerprint density at radius 2 is 0.727 bits per heavy atom. The molecule has 0 aliphatic rings. The molecule has 0 rings (SSSR count). The molecule has 0 amide bonds. The molecule has 11 heavy (non-hydrogen) atoms. The van der Waals surface area contributed by atoms with E-state index in [0.29, 0.717) is 15.8 Å². The van der Waals surface area contributed by atoms with Gasteiger partial charge in [0.15, 0.2) is 0 Å². The van der Waals surface area contributed by atoms with E-state index < -0.39 is 0 Å². The molecule has 0 N–H and O–H groups in total. The number of hydrogen-bond donors (Lipinski definition) is 0. The van der Waals surface area contributed by atoms with E-state index in [4.69, 9.17) is 0 Å². The average molecular weight is 507 g/mol. The molecule has 0 aromatic heterocycles. The Kier molecular flexibility index (Phi) is 31.9. The zero-order valence-corrected chi connectivity index (χ0v) is 15.2. The molecule has 0 saturated heterocycles. The number of rotatable bonds is 0. The van der Waals surface area contributed by atoms with Gasteiger partial charge in [-0.05, 0) is 40.0 Å². The maximum atomic E-state index is 3.17. The van der Waals surface area contributed by atoms with Crippen LogP contribution in [0, 0.1) is 0 Å². The van der Waals surface area contributed by atoms with Crippen LogP contribution in [-0.4, -0.2) is 40.0 Å². The maximum absolute atomic E-state index is 3.17. The molecule has 0 fully saturated rings. The molecule has 0 heterocycles. The Balaban J connectivity index is -0.0000000886. The summed E-state index contributed by atoms with van der Waals surface area (Å²) in [6, 6.07) is 0. The zero-order chi connectivity index (χ0) is 9.86. The fourth-order valence-corrected chi connectivity index (χ4v) is 0. The third-order valence-corrected chi connectivity index (χ3v) is 0. The summed E-state index contributed by atoms with van der Waals surface area (Å²) in [5.74, 6) is 0. The number of hydrogen-bond acceptors (Lipinski definition) is 0. The van der Waals surface area contributed by atoms with Crippen LogP contribution in [0.4, 0.5) is 0 Å². The first-order valence-corrected chi connectivity index (χ1v) is 18.2. The molecule has 0 radical (unpaired) electrons. The Hall–Kier alpha value is 2.51. The van der Waals surface area contributed by atoms with Crippen molar-refractivity contribution >= 4 is 42.4 Å². The Bertz CT molecular complexity index is 42.3. The van der Waals surface area contributed by atoms with Crippen LogP contribution < -0.4 is 0 Å². The van der Waals surface area contributed by atoms with Gasteiger partial charge in [-0.2, -0.15) is 0 Å². The molecule has 0 bridgehead atoms. The molecule has 76 valence electrons. The molecular weight excluding hydrogens is 489 g/mol. The molecule has 0 nitrogen and oxygen atoms in total. The summed E-state index contributed by atoms with van der Waals surface area (Å²) in [6.45, 7) is 13.4. The van der Waals surface area contributed by atoms with Gasteiger partial charge in [-0.25, -0.2) is 0 Å². The third-order valence-electron chi connectivity index (χ3n) is 0. The third kappa shape index (κ3) is 220. The Labute approximate surface area is 96.0 Å². The van der Waals surface area contributed by atoms with Crippen LogP contribution in [-0.2, 0) is 14.5 Å². The monoisotopic (exact) mass is 505 g/mol. The molecule has 0 aliphatic heterocycles. The standard InChI is InChI=1S/2C3H9P.2BrH.Pt/c2*1-4(2)3;;;/h2*1-3H3;2*1H;/q;;;;+2/p-2. The van der Waals surface area contributed by atoms with Crippen LogP contribution in [0.1, 0.15) is 0 Å². The van der Waals surface area contributed by atoms with Crippen LogP contribution in [0.15, 0.2) is 0 Å². The van der Waals surface area contributed by atoms with Gasteiger partial charge in [0, 0.05) is 0 Å². The summed E-state index contributed by atoms with van der Waals surface area (Å²) in [6.07, 6.45) is 0. The van der Waals surface area contributed by atoms with E-state index >= 15 is 0 Å². The molecule has 5 heteroatoms. The first-order valence-electron chi connectivity index (χ1n) is 2.92. The minimum absolute atomic E-state index is 0.208. The van der Waals surface area contributed by atoms with Crippen LogP contribution >= 0.6 is 42.4 Å². The summed E-state index contributed by atoms with van der Waals surface area (Å²) in [5, 5.41) is 0. The second-order valence-corrected chi connectivity index (χ2v) is 18.0. The van der Waals surface area contributed by atoms with Crippen molar-refractivity contribution in [1.29, 1.82) is 0 Å². The second-order valence-electron chi connectivity index (χ2n) is 2.73. The quantitative estimate of drug-likeness (QED) is 0.427. The molecule has 0 saturated carbocycles. The van der Waals surface area contributed by atoms with Crippen LogP contribution in [0.2, 0.25) is 0 Å². The fourth-order valence-electron chi connectivity index (χ4n) is 0. The van der Waals surface area contributed by atoms with Crippen molar-refractivity contribution in [2.24, 2.45) is 0 Å². The summed E-state index contributed by atoms with van der Waals surface area (Å²) < 4.78 is 0. The SMILES string of the molecule is CP(C)C.CP(C)C.[Br][Pt][Br]. The van der Waals surface area contributed by atoms with Crippen LogP contribution in [0.5, 0.6) is 0 Å². The van der Waals surface area contributed by atoms with E-state index in [1.54, 1.807) is 0 Å². The molecule has 0 aromatic rings. The Morgan fingerprint density at radius 3 is 0.727 bits per heavy atom. The van der Waals surface area contributed by atoms with Gasteiger partial charge in [-0.15, -0.1) is 15.8 Å². The fraction of sp³-hybridized carbons (Fsp3) is 1.00. The van der Waals surface area contributed by atoms with Crippen LogP contribution in [0.3, 0.4) is 0 Å². The number of halogens is 2. The van der Waals surface area contributed by atoms with Crippen molar-refractivity contribution in [3.63, 3.8) is 0 Å². The zero-order valence-electron chi connectivity index (χ0n) is 7.97. The van der Waals surface area contributed by atoms with Crippen LogP contribution in [0.25, 0.3) is 0 Å². The van der Waals surface area contributed by atoms with E-state index in [1.165, 1.54) is 0 Å². The normalized spacial score (nSPS) is 8.55. The molecule has 0 aliphatic carbocycles. The predicted octanol–water partition coefficient (Wildman–Crippen LogP) is 4.40. The average Bonchev–Trinajstić information content (AvgIpc) is 1.60. The van der Waals surface area contributed by atoms with Gasteiger partial charge in [0.2, 0.25) is 0 Å². The van der Waals surface area contributed by atoms with Gasteiger partial charge in [0.25, 0.3) is 0 Å². The first kappa shape index (κ1) is 19.1. The van der Waals surface area contributed by atoms with Gasteiger partial charge in [0.05, 0.1) is 0 Å². The van der Waals surface area contributed by atoms with E-state index in [-0.39, 0.29) is 14.5 Å². The van der Waals surface area contributed by atoms with Crippen molar-refractivity contribution in [3.8, 4) is 0 Å². The van der Waals surface area contributed by atoms with Crippen molar-refractivity contribution in [2.75, 3.05) is 40.0 Å². The Morgan fingerprint density at radius 1 is 0.727 bits per heavy atom. The van der Waals surface area contributed by atoms with E-state index in [9.17, 15) is 0 Å². The van der Waals surface area contributed by atoms with Crippen molar-refractivity contribution in [2.45, 2.75) is 0 Å². The molecule has 0 atom stereocenters. The minimum atomic E-state index is 0.208. The van der Waals surface area contributed by atoms with Crippen molar-refractivity contribution in [1.82, 2.24) is 0 Å². The van der Waals surface area contributed by atoms with Gasteiger partial charge < -0.3 is 0 Å². The first-order chi connectivity index (χ1) is 4.88. The van der Waals surface area contributed by atoms with Crippen molar-refractivity contribution < 1.29 is 14.5 Å². The topological polar surface area (TPSA) is 0 Å². The van der Waals surface area contributed by atoms with Gasteiger partial charge in [-0.3, -0.25) is 0 Å². The van der Waals surface area contributed by atoms with Gasteiger partial charge in [0.1, 0.15) is 0 Å². The second kappa shape index (κ2) is 18.3. The molecule has 0 unspecified atom stereocenters. The summed E-state index contributed by atoms with van der Waals surface area (Å²) in [4.78, 5) is 0. The van der Waals surface area contributed by atoms with E-state index in [1.807, 2.05) is 0 Å². The summed E-state index contributed by atoms with van der Waals surface area (Å²) in [5.41, 5.74) is 0. The van der Waals surface area contributed by atoms with Crippen molar-refractivity contribution in [3.05, 3.63) is 0 Å². The summed E-state index contributed by atoms with van der Waals surface area (Å²) in [7, 11) is 0.759. The van der Waals surface area contributed by atoms with E-state index in [0.717, 1.165) is 0 Å².